The molecule has 0 amide bonds. The first-order valence-corrected chi connectivity index (χ1v) is 8.17. The van der Waals surface area contributed by atoms with E-state index >= 15 is 0 Å². The molecule has 0 spiro atoms. The van der Waals surface area contributed by atoms with Crippen LogP contribution < -0.4 is 4.90 Å². The van der Waals surface area contributed by atoms with Gasteiger partial charge in [0.25, 0.3) is 0 Å². The average molecular weight is 312 g/mol. The average Bonchev–Trinajstić information content (AvgIpc) is 2.58. The molecule has 0 N–H and O–H groups in total. The summed E-state index contributed by atoms with van der Waals surface area (Å²) in [6.07, 6.45) is 4.56. The van der Waals surface area contributed by atoms with Crippen molar-refractivity contribution in [2.45, 2.75) is 39.7 Å². The zero-order chi connectivity index (χ0) is 16.4. The van der Waals surface area contributed by atoms with Gasteiger partial charge in [-0.05, 0) is 39.3 Å². The lowest BCUT2D eigenvalue weighted by Crippen LogP contribution is -2.50. The highest BCUT2D eigenvalue weighted by atomic mass is 16.5. The Kier molecular flexibility index (Phi) is 4.31. The van der Waals surface area contributed by atoms with E-state index in [1.807, 2.05) is 25.3 Å². The second-order valence-electron chi connectivity index (χ2n) is 6.40. The van der Waals surface area contributed by atoms with Crippen LogP contribution in [0.4, 0.5) is 5.82 Å². The van der Waals surface area contributed by atoms with Crippen molar-refractivity contribution in [1.82, 2.24) is 15.0 Å². The lowest BCUT2D eigenvalue weighted by atomic mass is 10.0. The van der Waals surface area contributed by atoms with Crippen molar-refractivity contribution >= 4 is 5.82 Å². The summed E-state index contributed by atoms with van der Waals surface area (Å²) in [5, 5.41) is 0. The molecule has 1 aliphatic heterocycles. The van der Waals surface area contributed by atoms with E-state index in [2.05, 4.69) is 35.6 Å². The van der Waals surface area contributed by atoms with Gasteiger partial charge in [-0.1, -0.05) is 6.92 Å². The monoisotopic (exact) mass is 312 g/mol. The molecule has 5 nitrogen and oxygen atoms in total. The Labute approximate surface area is 137 Å². The minimum absolute atomic E-state index is 0.113. The summed E-state index contributed by atoms with van der Waals surface area (Å²) < 4.78 is 5.96. The van der Waals surface area contributed by atoms with Crippen LogP contribution in [0.3, 0.4) is 0 Å². The number of morpholine rings is 1. The van der Waals surface area contributed by atoms with Crippen LogP contribution in [0.5, 0.6) is 0 Å². The molecule has 1 aliphatic rings. The van der Waals surface area contributed by atoms with Crippen molar-refractivity contribution < 1.29 is 4.74 Å². The number of aromatic nitrogens is 3. The van der Waals surface area contributed by atoms with E-state index in [0.717, 1.165) is 54.6 Å². The molecule has 5 heteroatoms. The van der Waals surface area contributed by atoms with E-state index in [4.69, 9.17) is 9.72 Å². The molecule has 1 saturated heterocycles. The SMILES string of the molecule is CCC1(C)CN(c2nc(-c3cccnc3)nc(C)c2C)CCO1. The van der Waals surface area contributed by atoms with Crippen LogP contribution in [-0.2, 0) is 4.74 Å². The number of hydrogen-bond donors (Lipinski definition) is 0. The highest BCUT2D eigenvalue weighted by molar-refractivity contribution is 5.59. The fourth-order valence-corrected chi connectivity index (χ4v) is 2.87. The molecule has 0 aromatic carbocycles. The van der Waals surface area contributed by atoms with Crippen LogP contribution in [0.1, 0.15) is 31.5 Å². The van der Waals surface area contributed by atoms with Gasteiger partial charge in [0, 0.05) is 42.3 Å². The number of hydrogen-bond acceptors (Lipinski definition) is 5. The van der Waals surface area contributed by atoms with E-state index in [1.165, 1.54) is 0 Å². The lowest BCUT2D eigenvalue weighted by Gasteiger charge is -2.41. The van der Waals surface area contributed by atoms with Gasteiger partial charge in [-0.25, -0.2) is 9.97 Å². The summed E-state index contributed by atoms with van der Waals surface area (Å²) in [4.78, 5) is 16.0. The third kappa shape index (κ3) is 3.20. The summed E-state index contributed by atoms with van der Waals surface area (Å²) in [5.41, 5.74) is 2.98. The molecule has 0 aliphatic carbocycles. The van der Waals surface area contributed by atoms with Gasteiger partial charge in [0.05, 0.1) is 12.2 Å². The molecule has 1 atom stereocenters. The predicted molar refractivity (Wildman–Crippen MR) is 91.6 cm³/mol. The van der Waals surface area contributed by atoms with Crippen molar-refractivity contribution in [3.63, 3.8) is 0 Å². The number of rotatable bonds is 3. The zero-order valence-electron chi connectivity index (χ0n) is 14.3. The second kappa shape index (κ2) is 6.24. The Hall–Kier alpha value is -2.01. The molecular formula is C18H24N4O. The molecule has 1 unspecified atom stereocenters. The molecule has 122 valence electrons. The van der Waals surface area contributed by atoms with Crippen LogP contribution in [0.2, 0.25) is 0 Å². The third-order valence-electron chi connectivity index (χ3n) is 4.67. The Morgan fingerprint density at radius 3 is 2.83 bits per heavy atom. The number of anilines is 1. The minimum Gasteiger partial charge on any atom is -0.372 e. The van der Waals surface area contributed by atoms with Gasteiger partial charge in [0.2, 0.25) is 0 Å². The number of pyridine rings is 1. The van der Waals surface area contributed by atoms with Crippen LogP contribution >= 0.6 is 0 Å². The number of ether oxygens (including phenoxy) is 1. The van der Waals surface area contributed by atoms with E-state index in [1.54, 1.807) is 6.20 Å². The van der Waals surface area contributed by atoms with Gasteiger partial charge in [-0.15, -0.1) is 0 Å². The van der Waals surface area contributed by atoms with Crippen molar-refractivity contribution in [1.29, 1.82) is 0 Å². The molecule has 2 aromatic heterocycles. The molecule has 3 heterocycles. The molecule has 3 rings (SSSR count). The van der Waals surface area contributed by atoms with Gasteiger partial charge < -0.3 is 9.64 Å². The van der Waals surface area contributed by atoms with Crippen molar-refractivity contribution in [3.05, 3.63) is 35.8 Å². The second-order valence-corrected chi connectivity index (χ2v) is 6.40. The van der Waals surface area contributed by atoms with Crippen molar-refractivity contribution in [2.75, 3.05) is 24.6 Å². The summed E-state index contributed by atoms with van der Waals surface area (Å²) in [6.45, 7) is 10.9. The van der Waals surface area contributed by atoms with Gasteiger partial charge in [0.1, 0.15) is 5.82 Å². The van der Waals surface area contributed by atoms with Crippen LogP contribution in [0.15, 0.2) is 24.5 Å². The molecule has 0 bridgehead atoms. The number of aryl methyl sites for hydroxylation is 1. The first-order chi connectivity index (χ1) is 11.0. The summed E-state index contributed by atoms with van der Waals surface area (Å²) >= 11 is 0. The fourth-order valence-electron chi connectivity index (χ4n) is 2.87. The van der Waals surface area contributed by atoms with E-state index < -0.39 is 0 Å². The molecular weight excluding hydrogens is 288 g/mol. The summed E-state index contributed by atoms with van der Waals surface area (Å²) in [5.74, 6) is 1.75. The maximum atomic E-state index is 5.96. The first-order valence-electron chi connectivity index (χ1n) is 8.17. The van der Waals surface area contributed by atoms with E-state index in [0.29, 0.717) is 0 Å². The van der Waals surface area contributed by atoms with Crippen molar-refractivity contribution in [2.24, 2.45) is 0 Å². The first kappa shape index (κ1) is 15.9. The quantitative estimate of drug-likeness (QED) is 0.871. The van der Waals surface area contributed by atoms with Gasteiger partial charge in [-0.2, -0.15) is 0 Å². The summed E-state index contributed by atoms with van der Waals surface area (Å²) in [7, 11) is 0. The zero-order valence-corrected chi connectivity index (χ0v) is 14.3. The minimum atomic E-state index is -0.113. The van der Waals surface area contributed by atoms with Crippen molar-refractivity contribution in [3.8, 4) is 11.4 Å². The van der Waals surface area contributed by atoms with Crippen LogP contribution in [0.25, 0.3) is 11.4 Å². The number of nitrogens with zero attached hydrogens (tertiary/aromatic N) is 4. The van der Waals surface area contributed by atoms with Crippen LogP contribution in [0, 0.1) is 13.8 Å². The topological polar surface area (TPSA) is 51.1 Å². The lowest BCUT2D eigenvalue weighted by molar-refractivity contribution is -0.0443. The Balaban J connectivity index is 2.00. The molecule has 1 fully saturated rings. The molecule has 23 heavy (non-hydrogen) atoms. The van der Waals surface area contributed by atoms with E-state index in [-0.39, 0.29) is 5.60 Å². The van der Waals surface area contributed by atoms with E-state index in [9.17, 15) is 0 Å². The smallest absolute Gasteiger partial charge is 0.163 e. The summed E-state index contributed by atoms with van der Waals surface area (Å²) in [6, 6.07) is 3.91. The van der Waals surface area contributed by atoms with Gasteiger partial charge >= 0.3 is 0 Å². The molecule has 2 aromatic rings. The molecule has 0 saturated carbocycles. The maximum absolute atomic E-state index is 5.96. The normalized spacial score (nSPS) is 21.5. The Morgan fingerprint density at radius 2 is 2.13 bits per heavy atom. The Bertz CT molecular complexity index is 689. The highest BCUT2D eigenvalue weighted by Crippen LogP contribution is 2.29. The van der Waals surface area contributed by atoms with Gasteiger partial charge in [-0.3, -0.25) is 4.98 Å². The highest BCUT2D eigenvalue weighted by Gasteiger charge is 2.32. The fraction of sp³-hybridized carbons (Fsp3) is 0.500. The Morgan fingerprint density at radius 1 is 1.30 bits per heavy atom. The standard InChI is InChI=1S/C18H24N4O/c1-5-18(4)12-22(9-10-23-18)17-13(2)14(3)20-16(21-17)15-7-6-8-19-11-15/h6-8,11H,5,9-10,12H2,1-4H3. The van der Waals surface area contributed by atoms with Gasteiger partial charge in [0.15, 0.2) is 5.82 Å². The molecule has 0 radical (unpaired) electrons. The third-order valence-corrected chi connectivity index (χ3v) is 4.67. The predicted octanol–water partition coefficient (Wildman–Crippen LogP) is 3.16. The maximum Gasteiger partial charge on any atom is 0.163 e. The largest absolute Gasteiger partial charge is 0.372 e. The van der Waals surface area contributed by atoms with Crippen LogP contribution in [-0.4, -0.2) is 40.2 Å².